The van der Waals surface area contributed by atoms with Crippen LogP contribution in [0.4, 0.5) is 0 Å². The number of benzene rings is 2. The van der Waals surface area contributed by atoms with Gasteiger partial charge in [-0.25, -0.2) is 0 Å². The Morgan fingerprint density at radius 1 is 1.00 bits per heavy atom. The molecule has 0 nitrogen and oxygen atoms in total. The van der Waals surface area contributed by atoms with Crippen molar-refractivity contribution in [2.24, 2.45) is 5.92 Å². The molecule has 112 valence electrons. The van der Waals surface area contributed by atoms with Crippen LogP contribution in [0.3, 0.4) is 0 Å². The summed E-state index contributed by atoms with van der Waals surface area (Å²) in [4.78, 5) is 0. The van der Waals surface area contributed by atoms with Crippen LogP contribution < -0.4 is 0 Å². The Kier molecular flexibility index (Phi) is 5.89. The summed E-state index contributed by atoms with van der Waals surface area (Å²) < 4.78 is 1.14. The van der Waals surface area contributed by atoms with E-state index in [1.807, 2.05) is 0 Å². The van der Waals surface area contributed by atoms with Crippen molar-refractivity contribution in [2.45, 2.75) is 33.6 Å². The van der Waals surface area contributed by atoms with Gasteiger partial charge in [0.2, 0.25) is 0 Å². The first-order valence-corrected chi connectivity index (χ1v) is 8.69. The van der Waals surface area contributed by atoms with Crippen molar-refractivity contribution < 1.29 is 0 Å². The molecule has 0 fully saturated rings. The molecule has 0 aliphatic carbocycles. The van der Waals surface area contributed by atoms with Crippen LogP contribution in [0, 0.1) is 26.7 Å². The number of halogens is 2. The first-order valence-electron chi connectivity index (χ1n) is 7.36. The second kappa shape index (κ2) is 7.47. The van der Waals surface area contributed by atoms with Crippen LogP contribution in [0.1, 0.15) is 27.8 Å². The van der Waals surface area contributed by atoms with Crippen molar-refractivity contribution in [3.63, 3.8) is 0 Å². The Hall–Kier alpha value is -0.790. The molecule has 0 saturated heterocycles. The molecule has 0 radical (unpaired) electrons. The highest BCUT2D eigenvalue weighted by Gasteiger charge is 2.13. The van der Waals surface area contributed by atoms with Gasteiger partial charge in [0.15, 0.2) is 0 Å². The molecule has 1 unspecified atom stereocenters. The number of hydrogen-bond donors (Lipinski definition) is 0. The summed E-state index contributed by atoms with van der Waals surface area (Å²) in [6.45, 7) is 6.57. The zero-order valence-electron chi connectivity index (χ0n) is 12.9. The molecule has 2 aromatic rings. The van der Waals surface area contributed by atoms with Crippen LogP contribution in [-0.2, 0) is 12.8 Å². The van der Waals surface area contributed by atoms with E-state index in [0.29, 0.717) is 11.8 Å². The number of rotatable bonds is 5. The fourth-order valence-corrected chi connectivity index (χ4v) is 3.66. The summed E-state index contributed by atoms with van der Waals surface area (Å²) in [6.07, 6.45) is 2.07. The lowest BCUT2D eigenvalue weighted by molar-refractivity contribution is 0.580. The maximum absolute atomic E-state index is 6.23. The largest absolute Gasteiger partial charge is 0.126 e. The van der Waals surface area contributed by atoms with Crippen molar-refractivity contribution in [1.29, 1.82) is 0 Å². The Labute approximate surface area is 141 Å². The van der Waals surface area contributed by atoms with Crippen molar-refractivity contribution in [3.05, 3.63) is 68.7 Å². The van der Waals surface area contributed by atoms with Gasteiger partial charge < -0.3 is 0 Å². The maximum atomic E-state index is 6.23. The molecule has 1 atom stereocenters. The third-order valence-corrected chi connectivity index (χ3v) is 4.89. The molecule has 0 bridgehead atoms. The zero-order valence-corrected chi connectivity index (χ0v) is 15.3. The Morgan fingerprint density at radius 2 is 1.67 bits per heavy atom. The highest BCUT2D eigenvalue weighted by Crippen LogP contribution is 2.23. The van der Waals surface area contributed by atoms with Crippen molar-refractivity contribution in [1.82, 2.24) is 0 Å². The minimum Gasteiger partial charge on any atom is -0.126 e. The number of alkyl halides is 1. The first kappa shape index (κ1) is 16.6. The second-order valence-electron chi connectivity index (χ2n) is 5.94. The van der Waals surface area contributed by atoms with Crippen LogP contribution in [0.25, 0.3) is 0 Å². The fourth-order valence-electron chi connectivity index (χ4n) is 3.00. The van der Waals surface area contributed by atoms with E-state index in [0.717, 1.165) is 17.3 Å². The molecule has 0 saturated carbocycles. The smallest absolute Gasteiger partial charge is 0.0258 e. The molecule has 21 heavy (non-hydrogen) atoms. The molecule has 0 spiro atoms. The van der Waals surface area contributed by atoms with E-state index in [4.69, 9.17) is 11.6 Å². The van der Waals surface area contributed by atoms with Gasteiger partial charge in [-0.3, -0.25) is 0 Å². The Balaban J connectivity index is 2.16. The molecule has 0 aliphatic heterocycles. The lowest BCUT2D eigenvalue weighted by Gasteiger charge is -2.18. The molecule has 0 N–H and O–H groups in total. The van der Waals surface area contributed by atoms with Crippen LogP contribution in [0.15, 0.2) is 40.9 Å². The third-order valence-electron chi connectivity index (χ3n) is 3.96. The van der Waals surface area contributed by atoms with Gasteiger partial charge in [-0.1, -0.05) is 45.8 Å². The van der Waals surface area contributed by atoms with E-state index < -0.39 is 0 Å². The van der Waals surface area contributed by atoms with Gasteiger partial charge in [0, 0.05) is 10.4 Å². The van der Waals surface area contributed by atoms with Crippen molar-refractivity contribution in [3.8, 4) is 0 Å². The van der Waals surface area contributed by atoms with E-state index >= 15 is 0 Å². The van der Waals surface area contributed by atoms with E-state index in [1.165, 1.54) is 27.8 Å². The summed E-state index contributed by atoms with van der Waals surface area (Å²) in [5, 5.41) is 0. The average Bonchev–Trinajstić information content (AvgIpc) is 2.41. The van der Waals surface area contributed by atoms with E-state index in [-0.39, 0.29) is 0 Å². The molecular weight excluding hydrogens is 344 g/mol. The van der Waals surface area contributed by atoms with Gasteiger partial charge in [-0.05, 0) is 73.9 Å². The van der Waals surface area contributed by atoms with Crippen molar-refractivity contribution >= 4 is 27.5 Å². The van der Waals surface area contributed by atoms with Crippen molar-refractivity contribution in [2.75, 3.05) is 5.88 Å². The van der Waals surface area contributed by atoms with Gasteiger partial charge in [-0.15, -0.1) is 11.6 Å². The summed E-state index contributed by atoms with van der Waals surface area (Å²) in [6, 6.07) is 13.1. The molecule has 0 aromatic heterocycles. The van der Waals surface area contributed by atoms with Crippen LogP contribution >= 0.6 is 27.5 Å². The summed E-state index contributed by atoms with van der Waals surface area (Å²) in [5.41, 5.74) is 6.91. The lowest BCUT2D eigenvalue weighted by Crippen LogP contribution is -2.12. The Morgan fingerprint density at radius 3 is 2.24 bits per heavy atom. The molecule has 2 aromatic carbocycles. The quantitative estimate of drug-likeness (QED) is 0.569. The summed E-state index contributed by atoms with van der Waals surface area (Å²) >= 11 is 9.77. The molecule has 0 heterocycles. The average molecular weight is 366 g/mol. The minimum absolute atomic E-state index is 0.473. The van der Waals surface area contributed by atoms with E-state index in [2.05, 4.69) is 73.1 Å². The van der Waals surface area contributed by atoms with E-state index in [1.54, 1.807) is 0 Å². The topological polar surface area (TPSA) is 0 Å². The van der Waals surface area contributed by atoms with Gasteiger partial charge in [-0.2, -0.15) is 0 Å². The molecule has 0 amide bonds. The lowest BCUT2D eigenvalue weighted by atomic mass is 9.89. The van der Waals surface area contributed by atoms with Crippen LogP contribution in [0.2, 0.25) is 0 Å². The molecule has 2 rings (SSSR count). The zero-order chi connectivity index (χ0) is 15.4. The Bertz CT molecular complexity index is 596. The molecular formula is C19H22BrCl. The first-order chi connectivity index (χ1) is 9.99. The highest BCUT2D eigenvalue weighted by molar-refractivity contribution is 9.10. The van der Waals surface area contributed by atoms with Gasteiger partial charge >= 0.3 is 0 Å². The van der Waals surface area contributed by atoms with Gasteiger partial charge in [0.1, 0.15) is 0 Å². The van der Waals surface area contributed by atoms with Crippen LogP contribution in [-0.4, -0.2) is 5.88 Å². The van der Waals surface area contributed by atoms with Gasteiger partial charge in [0.05, 0.1) is 0 Å². The second-order valence-corrected chi connectivity index (χ2v) is 7.16. The number of aryl methyl sites for hydroxylation is 3. The summed E-state index contributed by atoms with van der Waals surface area (Å²) in [7, 11) is 0. The molecule has 0 aliphatic rings. The van der Waals surface area contributed by atoms with Gasteiger partial charge in [0.25, 0.3) is 0 Å². The normalized spacial score (nSPS) is 12.4. The summed E-state index contributed by atoms with van der Waals surface area (Å²) in [5.74, 6) is 1.17. The van der Waals surface area contributed by atoms with Crippen LogP contribution in [0.5, 0.6) is 0 Å². The standard InChI is InChI=1S/C19H22BrCl/c1-13-7-14(2)19(15(3)8-13)11-17(12-21)9-16-5-4-6-18(20)10-16/h4-8,10,17H,9,11-12H2,1-3H3. The third kappa shape index (κ3) is 4.59. The predicted octanol–water partition coefficient (Wildman–Crippen LogP) is 6.01. The SMILES string of the molecule is Cc1cc(C)c(CC(CCl)Cc2cccc(Br)c2)c(C)c1. The van der Waals surface area contributed by atoms with E-state index in [9.17, 15) is 0 Å². The fraction of sp³-hybridized carbons (Fsp3) is 0.368. The predicted molar refractivity (Wildman–Crippen MR) is 96.4 cm³/mol. The maximum Gasteiger partial charge on any atom is 0.0258 e. The monoisotopic (exact) mass is 364 g/mol. The number of hydrogen-bond acceptors (Lipinski definition) is 0. The molecule has 2 heteroatoms. The highest BCUT2D eigenvalue weighted by atomic mass is 79.9. The minimum atomic E-state index is 0.473.